The Morgan fingerprint density at radius 1 is 1.41 bits per heavy atom. The van der Waals surface area contributed by atoms with E-state index in [0.717, 1.165) is 18.4 Å². The fraction of sp³-hybridized carbons (Fsp3) is 0.611. The fourth-order valence-corrected chi connectivity index (χ4v) is 2.84. The number of carbonyl (C=O) groups excluding carboxylic acids is 2. The monoisotopic (exact) mass is 379 g/mol. The van der Waals surface area contributed by atoms with Gasteiger partial charge in [0.1, 0.15) is 0 Å². The zero-order chi connectivity index (χ0) is 19.6. The normalized spacial score (nSPS) is 15.5. The summed E-state index contributed by atoms with van der Waals surface area (Å²) in [5.74, 6) is 0.507. The number of furan rings is 1. The highest BCUT2D eigenvalue weighted by Gasteiger charge is 2.23. The summed E-state index contributed by atoms with van der Waals surface area (Å²) in [5.41, 5.74) is 6.73. The van der Waals surface area contributed by atoms with Gasteiger partial charge >= 0.3 is 6.09 Å². The highest BCUT2D eigenvalue weighted by molar-refractivity contribution is 5.92. The van der Waals surface area contributed by atoms with Crippen molar-refractivity contribution < 1.29 is 18.7 Å². The summed E-state index contributed by atoms with van der Waals surface area (Å²) in [6.07, 6.45) is 3.51. The van der Waals surface area contributed by atoms with Gasteiger partial charge < -0.3 is 30.4 Å². The van der Waals surface area contributed by atoms with E-state index in [1.165, 1.54) is 6.26 Å². The van der Waals surface area contributed by atoms with E-state index in [-0.39, 0.29) is 18.0 Å². The van der Waals surface area contributed by atoms with Crippen LogP contribution in [0.2, 0.25) is 0 Å². The smallest absolute Gasteiger partial charge is 0.409 e. The number of aryl methyl sites for hydroxylation is 1. The second-order valence-corrected chi connectivity index (χ2v) is 6.41. The second-order valence-electron chi connectivity index (χ2n) is 6.41. The maximum Gasteiger partial charge on any atom is 0.409 e. The van der Waals surface area contributed by atoms with Crippen molar-refractivity contribution in [3.05, 3.63) is 23.7 Å². The zero-order valence-corrected chi connectivity index (χ0v) is 16.0. The maximum absolute atomic E-state index is 11.9. The molecule has 1 saturated heterocycles. The maximum atomic E-state index is 11.9. The molecule has 0 saturated carbocycles. The Morgan fingerprint density at radius 3 is 2.78 bits per heavy atom. The zero-order valence-electron chi connectivity index (χ0n) is 16.0. The van der Waals surface area contributed by atoms with Crippen molar-refractivity contribution in [1.82, 2.24) is 15.5 Å². The molecule has 2 heterocycles. The summed E-state index contributed by atoms with van der Waals surface area (Å²) < 4.78 is 10.1. The number of rotatable bonds is 7. The number of piperidine rings is 1. The molecule has 9 heteroatoms. The molecule has 1 aliphatic rings. The Labute approximate surface area is 159 Å². The van der Waals surface area contributed by atoms with Crippen LogP contribution in [0.3, 0.4) is 0 Å². The van der Waals surface area contributed by atoms with Gasteiger partial charge in [-0.25, -0.2) is 4.79 Å². The minimum Gasteiger partial charge on any atom is -0.459 e. The third kappa shape index (κ3) is 6.50. The summed E-state index contributed by atoms with van der Waals surface area (Å²) in [4.78, 5) is 29.5. The van der Waals surface area contributed by atoms with Gasteiger partial charge in [0.15, 0.2) is 11.7 Å². The van der Waals surface area contributed by atoms with Gasteiger partial charge in [-0.3, -0.25) is 9.79 Å². The van der Waals surface area contributed by atoms with Gasteiger partial charge in [0.2, 0.25) is 0 Å². The number of hydrogen-bond acceptors (Lipinski definition) is 5. The summed E-state index contributed by atoms with van der Waals surface area (Å²) in [5, 5.41) is 5.98. The predicted octanol–water partition coefficient (Wildman–Crippen LogP) is 1.23. The molecule has 4 N–H and O–H groups in total. The molecular weight excluding hydrogens is 350 g/mol. The SMILES string of the molecule is CCOC(=O)N1CCC(NC(N)=NCCCNC(=O)c2occc2C)CC1. The van der Waals surface area contributed by atoms with Crippen LogP contribution in [0.1, 0.15) is 42.3 Å². The van der Waals surface area contributed by atoms with Crippen LogP contribution < -0.4 is 16.4 Å². The van der Waals surface area contributed by atoms with E-state index >= 15 is 0 Å². The molecule has 0 radical (unpaired) electrons. The van der Waals surface area contributed by atoms with Gasteiger partial charge in [0, 0.05) is 37.8 Å². The largest absolute Gasteiger partial charge is 0.459 e. The van der Waals surface area contributed by atoms with Crippen molar-refractivity contribution in [1.29, 1.82) is 0 Å². The molecule has 27 heavy (non-hydrogen) atoms. The number of ether oxygens (including phenoxy) is 1. The number of nitrogens with two attached hydrogens (primary N) is 1. The predicted molar refractivity (Wildman–Crippen MR) is 102 cm³/mol. The van der Waals surface area contributed by atoms with E-state index in [1.54, 1.807) is 17.9 Å². The number of hydrogen-bond donors (Lipinski definition) is 3. The van der Waals surface area contributed by atoms with Gasteiger partial charge in [-0.2, -0.15) is 0 Å². The van der Waals surface area contributed by atoms with E-state index in [1.807, 2.05) is 6.92 Å². The summed E-state index contributed by atoms with van der Waals surface area (Å²) in [7, 11) is 0. The molecule has 150 valence electrons. The van der Waals surface area contributed by atoms with Crippen molar-refractivity contribution in [2.24, 2.45) is 10.7 Å². The summed E-state index contributed by atoms with van der Waals surface area (Å²) in [6.45, 7) is 6.30. The number of nitrogens with one attached hydrogen (secondary N) is 2. The lowest BCUT2D eigenvalue weighted by molar-refractivity contribution is 0.0923. The van der Waals surface area contributed by atoms with E-state index in [0.29, 0.717) is 50.9 Å². The Morgan fingerprint density at radius 2 is 2.15 bits per heavy atom. The van der Waals surface area contributed by atoms with Crippen molar-refractivity contribution in [2.45, 2.75) is 39.2 Å². The van der Waals surface area contributed by atoms with Crippen LogP contribution in [0.25, 0.3) is 0 Å². The molecule has 0 aliphatic carbocycles. The van der Waals surface area contributed by atoms with Gasteiger partial charge in [-0.1, -0.05) is 0 Å². The lowest BCUT2D eigenvalue weighted by Gasteiger charge is -2.31. The molecule has 2 amide bonds. The highest BCUT2D eigenvalue weighted by atomic mass is 16.6. The average Bonchev–Trinajstić information content (AvgIpc) is 3.08. The molecule has 1 aromatic rings. The third-order valence-electron chi connectivity index (χ3n) is 4.34. The Bertz CT molecular complexity index is 650. The molecule has 1 aromatic heterocycles. The molecule has 9 nitrogen and oxygen atoms in total. The van der Waals surface area contributed by atoms with Crippen LogP contribution in [-0.2, 0) is 4.74 Å². The van der Waals surface area contributed by atoms with Crippen molar-refractivity contribution in [3.63, 3.8) is 0 Å². The van der Waals surface area contributed by atoms with Crippen LogP contribution in [0.5, 0.6) is 0 Å². The number of aliphatic imine (C=N–C) groups is 1. The van der Waals surface area contributed by atoms with E-state index in [9.17, 15) is 9.59 Å². The Hall–Kier alpha value is -2.71. The van der Waals surface area contributed by atoms with Crippen LogP contribution in [0.15, 0.2) is 21.7 Å². The highest BCUT2D eigenvalue weighted by Crippen LogP contribution is 2.11. The number of likely N-dealkylation sites (tertiary alicyclic amines) is 1. The fourth-order valence-electron chi connectivity index (χ4n) is 2.84. The van der Waals surface area contributed by atoms with Crippen molar-refractivity contribution >= 4 is 18.0 Å². The number of amides is 2. The third-order valence-corrected chi connectivity index (χ3v) is 4.34. The quantitative estimate of drug-likeness (QED) is 0.372. The topological polar surface area (TPSA) is 122 Å². The molecule has 2 rings (SSSR count). The first kappa shape index (κ1) is 20.6. The first-order valence-electron chi connectivity index (χ1n) is 9.31. The lowest BCUT2D eigenvalue weighted by Crippen LogP contribution is -2.48. The molecule has 1 fully saturated rings. The Balaban J connectivity index is 1.60. The number of nitrogens with zero attached hydrogens (tertiary/aromatic N) is 2. The van der Waals surface area contributed by atoms with Crippen molar-refractivity contribution in [3.8, 4) is 0 Å². The first-order chi connectivity index (χ1) is 13.0. The standard InChI is InChI=1S/C18H29N5O4/c1-3-26-18(25)23-10-5-14(6-11-23)22-17(19)21-9-4-8-20-16(24)15-13(2)7-12-27-15/h7,12,14H,3-6,8-11H2,1-2H3,(H,20,24)(H3,19,21,22). The molecule has 0 bridgehead atoms. The average molecular weight is 379 g/mol. The van der Waals surface area contributed by atoms with Gasteiger partial charge in [-0.15, -0.1) is 0 Å². The van der Waals surface area contributed by atoms with Crippen LogP contribution in [0, 0.1) is 6.92 Å². The summed E-state index contributed by atoms with van der Waals surface area (Å²) >= 11 is 0. The number of guanidine groups is 1. The van der Waals surface area contributed by atoms with E-state index in [4.69, 9.17) is 14.9 Å². The molecule has 0 spiro atoms. The summed E-state index contributed by atoms with van der Waals surface area (Å²) in [6, 6.07) is 1.95. The molecule has 0 aromatic carbocycles. The van der Waals surface area contributed by atoms with Crippen LogP contribution in [0.4, 0.5) is 4.79 Å². The van der Waals surface area contributed by atoms with Crippen LogP contribution in [-0.4, -0.2) is 61.7 Å². The minimum atomic E-state index is -0.260. The van der Waals surface area contributed by atoms with E-state index in [2.05, 4.69) is 15.6 Å². The van der Waals surface area contributed by atoms with Gasteiger partial charge in [0.25, 0.3) is 5.91 Å². The van der Waals surface area contributed by atoms with E-state index < -0.39 is 0 Å². The molecule has 0 unspecified atom stereocenters. The van der Waals surface area contributed by atoms with Gasteiger partial charge in [0.05, 0.1) is 12.9 Å². The van der Waals surface area contributed by atoms with Gasteiger partial charge in [-0.05, 0) is 39.2 Å². The first-order valence-corrected chi connectivity index (χ1v) is 9.31. The lowest BCUT2D eigenvalue weighted by atomic mass is 10.1. The minimum absolute atomic E-state index is 0.195. The Kier molecular flexibility index (Phi) is 7.97. The molecule has 0 atom stereocenters. The van der Waals surface area contributed by atoms with Crippen LogP contribution >= 0.6 is 0 Å². The molecular formula is C18H29N5O4. The van der Waals surface area contributed by atoms with Crippen molar-refractivity contribution in [2.75, 3.05) is 32.8 Å². The number of carbonyl (C=O) groups is 2. The second kappa shape index (κ2) is 10.4. The molecule has 1 aliphatic heterocycles.